The van der Waals surface area contributed by atoms with Crippen molar-refractivity contribution in [1.82, 2.24) is 5.32 Å². The molecular weight excluding hydrogens is 320 g/mol. The van der Waals surface area contributed by atoms with Crippen LogP contribution in [0.4, 0.5) is 0 Å². The van der Waals surface area contributed by atoms with E-state index in [0.29, 0.717) is 12.5 Å². The number of nitriles is 1. The summed E-state index contributed by atoms with van der Waals surface area (Å²) in [4.78, 5) is 11.4. The number of carbonyl (C=O) groups excluding carboxylic acids is 1. The van der Waals surface area contributed by atoms with Gasteiger partial charge in [-0.1, -0.05) is 19.9 Å². The molecule has 0 aromatic heterocycles. The van der Waals surface area contributed by atoms with Crippen LogP contribution in [0, 0.1) is 17.2 Å². The molecule has 1 N–H and O–H groups in total. The highest BCUT2D eigenvalue weighted by Gasteiger charge is 2.08. The normalized spacial score (nSPS) is 11.1. The Hall–Kier alpha value is -1.80. The molecule has 0 aliphatic heterocycles. The molecule has 0 spiro atoms. The number of halogens is 1. The Labute approximate surface area is 127 Å². The monoisotopic (exact) mass is 336 g/mol. The van der Waals surface area contributed by atoms with Crippen molar-refractivity contribution in [3.8, 4) is 11.8 Å². The van der Waals surface area contributed by atoms with Gasteiger partial charge in [0.05, 0.1) is 11.1 Å². The minimum Gasteiger partial charge on any atom is -0.492 e. The van der Waals surface area contributed by atoms with Crippen molar-refractivity contribution in [1.29, 1.82) is 5.26 Å². The molecule has 4 nitrogen and oxygen atoms in total. The minimum atomic E-state index is -0.399. The largest absolute Gasteiger partial charge is 0.492 e. The molecule has 0 heterocycles. The van der Waals surface area contributed by atoms with Gasteiger partial charge in [0.15, 0.2) is 0 Å². The summed E-state index contributed by atoms with van der Waals surface area (Å²) in [6.45, 7) is 4.79. The van der Waals surface area contributed by atoms with Gasteiger partial charge in [-0.3, -0.25) is 4.79 Å². The summed E-state index contributed by atoms with van der Waals surface area (Å²) in [7, 11) is 1.49. The van der Waals surface area contributed by atoms with E-state index < -0.39 is 5.91 Å². The van der Waals surface area contributed by atoms with E-state index in [2.05, 4.69) is 35.1 Å². The van der Waals surface area contributed by atoms with Crippen LogP contribution in [0.2, 0.25) is 0 Å². The van der Waals surface area contributed by atoms with Gasteiger partial charge in [-0.2, -0.15) is 5.26 Å². The van der Waals surface area contributed by atoms with E-state index >= 15 is 0 Å². The van der Waals surface area contributed by atoms with Crippen molar-refractivity contribution in [2.24, 2.45) is 5.92 Å². The lowest BCUT2D eigenvalue weighted by molar-refractivity contribution is -0.116. The first-order valence-corrected chi connectivity index (χ1v) is 7.03. The Bertz CT molecular complexity index is 559. The van der Waals surface area contributed by atoms with Crippen molar-refractivity contribution in [2.45, 2.75) is 13.8 Å². The van der Waals surface area contributed by atoms with Gasteiger partial charge >= 0.3 is 0 Å². The van der Waals surface area contributed by atoms with Crippen molar-refractivity contribution in [2.75, 3.05) is 13.7 Å². The van der Waals surface area contributed by atoms with E-state index in [4.69, 9.17) is 10.00 Å². The third-order valence-electron chi connectivity index (χ3n) is 2.43. The van der Waals surface area contributed by atoms with E-state index in [9.17, 15) is 4.79 Å². The van der Waals surface area contributed by atoms with Crippen molar-refractivity contribution in [3.05, 3.63) is 33.8 Å². The zero-order valence-corrected chi connectivity index (χ0v) is 13.3. The Morgan fingerprint density at radius 3 is 2.75 bits per heavy atom. The smallest absolute Gasteiger partial charge is 0.261 e. The molecule has 1 aromatic carbocycles. The predicted octanol–water partition coefficient (Wildman–Crippen LogP) is 3.14. The highest BCUT2D eigenvalue weighted by Crippen LogP contribution is 2.27. The summed E-state index contributed by atoms with van der Waals surface area (Å²) < 4.78 is 6.43. The Balaban J connectivity index is 2.95. The van der Waals surface area contributed by atoms with E-state index in [0.717, 1.165) is 15.8 Å². The van der Waals surface area contributed by atoms with Crippen LogP contribution in [0.5, 0.6) is 5.75 Å². The number of ether oxygens (including phenoxy) is 1. The van der Waals surface area contributed by atoms with Crippen LogP contribution in [-0.2, 0) is 4.79 Å². The molecule has 1 rings (SSSR count). The third kappa shape index (κ3) is 4.71. The van der Waals surface area contributed by atoms with Gasteiger partial charge in [-0.25, -0.2) is 0 Å². The molecule has 0 atom stereocenters. The lowest BCUT2D eigenvalue weighted by atomic mass is 10.1. The average Bonchev–Trinajstić information content (AvgIpc) is 2.42. The van der Waals surface area contributed by atoms with E-state index in [1.54, 1.807) is 6.07 Å². The van der Waals surface area contributed by atoms with Crippen LogP contribution in [0.15, 0.2) is 28.2 Å². The molecule has 1 amide bonds. The van der Waals surface area contributed by atoms with Gasteiger partial charge in [0.2, 0.25) is 0 Å². The predicted molar refractivity (Wildman–Crippen MR) is 82.1 cm³/mol. The maximum absolute atomic E-state index is 11.4. The molecule has 0 aliphatic rings. The van der Waals surface area contributed by atoms with Crippen LogP contribution >= 0.6 is 15.9 Å². The van der Waals surface area contributed by atoms with Gasteiger partial charge in [0, 0.05) is 7.05 Å². The molecule has 0 unspecified atom stereocenters. The zero-order valence-electron chi connectivity index (χ0n) is 11.7. The Morgan fingerprint density at radius 2 is 2.25 bits per heavy atom. The fraction of sp³-hybridized carbons (Fsp3) is 0.333. The van der Waals surface area contributed by atoms with Crippen molar-refractivity contribution < 1.29 is 9.53 Å². The number of nitrogens with zero attached hydrogens (tertiary/aromatic N) is 1. The molecule has 5 heteroatoms. The molecule has 0 fully saturated rings. The van der Waals surface area contributed by atoms with Gasteiger partial charge in [0.25, 0.3) is 5.91 Å². The number of rotatable bonds is 5. The van der Waals surface area contributed by atoms with Crippen LogP contribution in [0.25, 0.3) is 6.08 Å². The maximum atomic E-state index is 11.4. The molecule has 20 heavy (non-hydrogen) atoms. The van der Waals surface area contributed by atoms with Crippen molar-refractivity contribution >= 4 is 27.9 Å². The lowest BCUT2D eigenvalue weighted by Crippen LogP contribution is -2.19. The summed E-state index contributed by atoms with van der Waals surface area (Å²) in [6, 6.07) is 7.32. The average molecular weight is 337 g/mol. The summed E-state index contributed by atoms with van der Waals surface area (Å²) in [5.74, 6) is 0.790. The summed E-state index contributed by atoms with van der Waals surface area (Å²) in [6.07, 6.45) is 1.54. The van der Waals surface area contributed by atoms with Crippen LogP contribution < -0.4 is 10.1 Å². The van der Waals surface area contributed by atoms with Gasteiger partial charge in [-0.15, -0.1) is 0 Å². The van der Waals surface area contributed by atoms with Crippen LogP contribution in [0.1, 0.15) is 19.4 Å². The molecule has 0 saturated carbocycles. The third-order valence-corrected chi connectivity index (χ3v) is 3.05. The topological polar surface area (TPSA) is 62.1 Å². The number of hydrogen-bond acceptors (Lipinski definition) is 3. The fourth-order valence-electron chi connectivity index (χ4n) is 1.43. The van der Waals surface area contributed by atoms with Crippen LogP contribution in [0.3, 0.4) is 0 Å². The Morgan fingerprint density at radius 1 is 1.55 bits per heavy atom. The first kappa shape index (κ1) is 16.3. The number of likely N-dealkylation sites (N-methyl/N-ethyl adjacent to an activating group) is 1. The first-order valence-electron chi connectivity index (χ1n) is 6.24. The standard InChI is InChI=1S/C15H17BrN2O2/c1-10(2)9-20-14-5-4-11(7-13(14)16)6-12(8-17)15(19)18-3/h4-7,10H,9H2,1-3H3,(H,18,19)/b12-6+. The fourth-order valence-corrected chi connectivity index (χ4v) is 1.94. The Kier molecular flexibility index (Phi) is 6.26. The quantitative estimate of drug-likeness (QED) is 0.663. The number of amides is 1. The van der Waals surface area contributed by atoms with E-state index in [1.807, 2.05) is 18.2 Å². The number of nitrogens with one attached hydrogen (secondary N) is 1. The molecule has 106 valence electrons. The van der Waals surface area contributed by atoms with E-state index in [-0.39, 0.29) is 5.57 Å². The maximum Gasteiger partial charge on any atom is 0.261 e. The minimum absolute atomic E-state index is 0.0650. The van der Waals surface area contributed by atoms with Crippen molar-refractivity contribution in [3.63, 3.8) is 0 Å². The highest BCUT2D eigenvalue weighted by atomic mass is 79.9. The molecule has 0 radical (unpaired) electrons. The summed E-state index contributed by atoms with van der Waals surface area (Å²) in [5, 5.41) is 11.4. The summed E-state index contributed by atoms with van der Waals surface area (Å²) >= 11 is 3.43. The molecule has 1 aromatic rings. The van der Waals surface area contributed by atoms with E-state index in [1.165, 1.54) is 13.1 Å². The highest BCUT2D eigenvalue weighted by molar-refractivity contribution is 9.10. The van der Waals surface area contributed by atoms with Crippen LogP contribution in [-0.4, -0.2) is 19.6 Å². The van der Waals surface area contributed by atoms with Gasteiger partial charge in [0.1, 0.15) is 17.4 Å². The second-order valence-electron chi connectivity index (χ2n) is 4.64. The second-order valence-corrected chi connectivity index (χ2v) is 5.50. The number of hydrogen-bond donors (Lipinski definition) is 1. The number of benzene rings is 1. The second kappa shape index (κ2) is 7.71. The number of carbonyl (C=O) groups is 1. The lowest BCUT2D eigenvalue weighted by Gasteiger charge is -2.10. The van der Waals surface area contributed by atoms with Gasteiger partial charge < -0.3 is 10.1 Å². The molecule has 0 saturated heterocycles. The SMILES string of the molecule is CNC(=O)/C(C#N)=C/c1ccc(OCC(C)C)c(Br)c1. The molecule has 0 bridgehead atoms. The molecular formula is C15H17BrN2O2. The van der Waals surface area contributed by atoms with Gasteiger partial charge in [-0.05, 0) is 45.6 Å². The zero-order chi connectivity index (χ0) is 15.1. The summed E-state index contributed by atoms with van der Waals surface area (Å²) in [5.41, 5.74) is 0.823. The first-order chi connectivity index (χ1) is 9.47. The molecule has 0 aliphatic carbocycles.